The fraction of sp³-hybridized carbons (Fsp3) is 0.158. The first-order valence-electron chi connectivity index (χ1n) is 8.55. The highest BCUT2D eigenvalue weighted by Crippen LogP contribution is 2.32. The second kappa shape index (κ2) is 8.72. The second-order valence-corrected chi connectivity index (χ2v) is 7.95. The van der Waals surface area contributed by atoms with Gasteiger partial charge in [-0.2, -0.15) is 0 Å². The number of hydrogen-bond donors (Lipinski definition) is 1. The minimum atomic E-state index is -4.14. The number of carbonyl (C=O) groups excluding carboxylic acids is 1. The SMILES string of the molecule is CCOC(=O)c1cc(-c2ccc(OC)c(S(=O)(=O)Nc3ccc(F)c(Cl)c3)c2)on1. The molecular formula is C19H16ClFN2O6S. The van der Waals surface area contributed by atoms with Crippen LogP contribution in [0.25, 0.3) is 11.3 Å². The summed E-state index contributed by atoms with van der Waals surface area (Å²) in [7, 11) is -2.83. The summed E-state index contributed by atoms with van der Waals surface area (Å²) in [6.07, 6.45) is 0. The van der Waals surface area contributed by atoms with E-state index in [0.717, 1.165) is 12.1 Å². The third kappa shape index (κ3) is 4.55. The van der Waals surface area contributed by atoms with Gasteiger partial charge in [0.2, 0.25) is 0 Å². The maximum atomic E-state index is 13.3. The lowest BCUT2D eigenvalue weighted by atomic mass is 10.1. The smallest absolute Gasteiger partial charge is 0.360 e. The monoisotopic (exact) mass is 454 g/mol. The first-order valence-corrected chi connectivity index (χ1v) is 10.4. The highest BCUT2D eigenvalue weighted by atomic mass is 35.5. The Labute approximate surface area is 176 Å². The molecule has 0 saturated carbocycles. The van der Waals surface area contributed by atoms with E-state index in [9.17, 15) is 17.6 Å². The first kappa shape index (κ1) is 21.6. The number of anilines is 1. The summed E-state index contributed by atoms with van der Waals surface area (Å²) in [6, 6.07) is 9.02. The molecule has 0 unspecified atom stereocenters. The molecule has 3 aromatic rings. The molecule has 158 valence electrons. The average molecular weight is 455 g/mol. The van der Waals surface area contributed by atoms with Crippen molar-refractivity contribution in [3.05, 3.63) is 59.0 Å². The van der Waals surface area contributed by atoms with Crippen molar-refractivity contribution in [1.29, 1.82) is 0 Å². The number of methoxy groups -OCH3 is 1. The van der Waals surface area contributed by atoms with Crippen LogP contribution < -0.4 is 9.46 Å². The number of rotatable bonds is 7. The van der Waals surface area contributed by atoms with Crippen LogP contribution in [0.5, 0.6) is 5.75 Å². The van der Waals surface area contributed by atoms with Crippen molar-refractivity contribution in [2.75, 3.05) is 18.4 Å². The zero-order chi connectivity index (χ0) is 21.9. The lowest BCUT2D eigenvalue weighted by Gasteiger charge is -2.13. The molecule has 0 aliphatic rings. The molecule has 0 bridgehead atoms. The summed E-state index contributed by atoms with van der Waals surface area (Å²) < 4.78 is 56.6. The fourth-order valence-electron chi connectivity index (χ4n) is 2.52. The lowest BCUT2D eigenvalue weighted by Crippen LogP contribution is -2.14. The molecule has 0 spiro atoms. The Balaban J connectivity index is 1.98. The quantitative estimate of drug-likeness (QED) is 0.535. The molecule has 0 amide bonds. The molecule has 0 aliphatic carbocycles. The normalized spacial score (nSPS) is 11.2. The standard InChI is InChI=1S/C19H16ClFN2O6S/c1-3-28-19(24)15-10-17(29-22-15)11-4-7-16(27-2)18(8-11)30(25,26)23-12-5-6-14(21)13(20)9-12/h4-10,23H,3H2,1-2H3. The third-order valence-corrected chi connectivity index (χ3v) is 5.60. The Bertz CT molecular complexity index is 1200. The summed E-state index contributed by atoms with van der Waals surface area (Å²) in [5.74, 6) is -1.13. The second-order valence-electron chi connectivity index (χ2n) is 5.90. The van der Waals surface area contributed by atoms with E-state index in [2.05, 4.69) is 9.88 Å². The van der Waals surface area contributed by atoms with E-state index in [-0.39, 0.29) is 39.4 Å². The minimum Gasteiger partial charge on any atom is -0.495 e. The molecule has 0 aliphatic heterocycles. The molecule has 1 N–H and O–H groups in total. The summed E-state index contributed by atoms with van der Waals surface area (Å²) >= 11 is 5.71. The molecule has 0 saturated heterocycles. The van der Waals surface area contributed by atoms with E-state index in [1.165, 1.54) is 31.4 Å². The number of hydrogen-bond acceptors (Lipinski definition) is 7. The highest BCUT2D eigenvalue weighted by molar-refractivity contribution is 7.92. The van der Waals surface area contributed by atoms with Crippen molar-refractivity contribution in [2.45, 2.75) is 11.8 Å². The van der Waals surface area contributed by atoms with E-state index >= 15 is 0 Å². The number of sulfonamides is 1. The summed E-state index contributed by atoms with van der Waals surface area (Å²) in [5, 5.41) is 3.40. The highest BCUT2D eigenvalue weighted by Gasteiger charge is 2.23. The van der Waals surface area contributed by atoms with Crippen molar-refractivity contribution >= 4 is 33.3 Å². The largest absolute Gasteiger partial charge is 0.495 e. The van der Waals surface area contributed by atoms with E-state index in [1.807, 2.05) is 0 Å². The van der Waals surface area contributed by atoms with Crippen molar-refractivity contribution in [1.82, 2.24) is 5.16 Å². The topological polar surface area (TPSA) is 108 Å². The molecule has 0 atom stereocenters. The van der Waals surface area contributed by atoms with Crippen LogP contribution in [0.2, 0.25) is 5.02 Å². The number of nitrogens with zero attached hydrogens (tertiary/aromatic N) is 1. The molecule has 11 heteroatoms. The van der Waals surface area contributed by atoms with Gasteiger partial charge in [0.1, 0.15) is 16.5 Å². The predicted molar refractivity (Wildman–Crippen MR) is 107 cm³/mol. The fourth-order valence-corrected chi connectivity index (χ4v) is 3.95. The van der Waals surface area contributed by atoms with Gasteiger partial charge in [-0.05, 0) is 43.3 Å². The molecule has 30 heavy (non-hydrogen) atoms. The van der Waals surface area contributed by atoms with Crippen LogP contribution in [-0.2, 0) is 14.8 Å². The van der Waals surface area contributed by atoms with Crippen LogP contribution in [0.3, 0.4) is 0 Å². The maximum Gasteiger partial charge on any atom is 0.360 e. The Morgan fingerprint density at radius 1 is 1.23 bits per heavy atom. The molecule has 1 heterocycles. The summed E-state index contributed by atoms with van der Waals surface area (Å²) in [4.78, 5) is 11.6. The van der Waals surface area contributed by atoms with Crippen LogP contribution in [0.4, 0.5) is 10.1 Å². The molecule has 0 radical (unpaired) electrons. The van der Waals surface area contributed by atoms with Gasteiger partial charge >= 0.3 is 5.97 Å². The van der Waals surface area contributed by atoms with Crippen molar-refractivity contribution < 1.29 is 31.6 Å². The van der Waals surface area contributed by atoms with Crippen LogP contribution in [-0.4, -0.2) is 33.3 Å². The van der Waals surface area contributed by atoms with Crippen molar-refractivity contribution in [2.24, 2.45) is 0 Å². The zero-order valence-corrected chi connectivity index (χ0v) is 17.4. The molecular weight excluding hydrogens is 439 g/mol. The van der Waals surface area contributed by atoms with Gasteiger partial charge in [-0.3, -0.25) is 4.72 Å². The van der Waals surface area contributed by atoms with Crippen LogP contribution >= 0.6 is 11.6 Å². The predicted octanol–water partition coefficient (Wildman–Crippen LogP) is 4.12. The zero-order valence-electron chi connectivity index (χ0n) is 15.8. The molecule has 1 aromatic heterocycles. The number of carbonyl (C=O) groups is 1. The van der Waals surface area contributed by atoms with Gasteiger partial charge in [-0.1, -0.05) is 16.8 Å². The van der Waals surface area contributed by atoms with Crippen LogP contribution in [0, 0.1) is 5.82 Å². The maximum absolute atomic E-state index is 13.3. The van der Waals surface area contributed by atoms with Crippen LogP contribution in [0.1, 0.15) is 17.4 Å². The third-order valence-electron chi connectivity index (χ3n) is 3.90. The van der Waals surface area contributed by atoms with Gasteiger partial charge in [-0.15, -0.1) is 0 Å². The van der Waals surface area contributed by atoms with Gasteiger partial charge in [0.05, 0.1) is 24.4 Å². The number of benzene rings is 2. The summed E-state index contributed by atoms with van der Waals surface area (Å²) in [5.41, 5.74) is 0.348. The van der Waals surface area contributed by atoms with Crippen molar-refractivity contribution in [3.8, 4) is 17.1 Å². The Morgan fingerprint density at radius 3 is 2.67 bits per heavy atom. The van der Waals surface area contributed by atoms with Gasteiger partial charge < -0.3 is 14.0 Å². The lowest BCUT2D eigenvalue weighted by molar-refractivity contribution is 0.0514. The Hall–Kier alpha value is -3.11. The minimum absolute atomic E-state index is 0.0499. The molecule has 2 aromatic carbocycles. The average Bonchev–Trinajstić information content (AvgIpc) is 3.20. The van der Waals surface area contributed by atoms with E-state index < -0.39 is 21.8 Å². The van der Waals surface area contributed by atoms with Gasteiger partial charge in [0.25, 0.3) is 10.0 Å². The van der Waals surface area contributed by atoms with Gasteiger partial charge in [0, 0.05) is 11.6 Å². The molecule has 8 nitrogen and oxygen atoms in total. The Kier molecular flexibility index (Phi) is 6.28. The number of aromatic nitrogens is 1. The summed E-state index contributed by atoms with van der Waals surface area (Å²) in [6.45, 7) is 1.83. The van der Waals surface area contributed by atoms with E-state index in [1.54, 1.807) is 13.0 Å². The van der Waals surface area contributed by atoms with E-state index in [0.29, 0.717) is 5.56 Å². The first-order chi connectivity index (χ1) is 14.2. The molecule has 0 fully saturated rings. The number of esters is 1. The number of ether oxygens (including phenoxy) is 2. The van der Waals surface area contributed by atoms with Gasteiger partial charge in [-0.25, -0.2) is 17.6 Å². The van der Waals surface area contributed by atoms with Gasteiger partial charge in [0.15, 0.2) is 11.5 Å². The molecule has 3 rings (SSSR count). The number of nitrogens with one attached hydrogen (secondary N) is 1. The van der Waals surface area contributed by atoms with E-state index in [4.69, 9.17) is 25.6 Å². The van der Waals surface area contributed by atoms with Crippen molar-refractivity contribution in [3.63, 3.8) is 0 Å². The van der Waals surface area contributed by atoms with Crippen LogP contribution in [0.15, 0.2) is 51.9 Å². The Morgan fingerprint density at radius 2 is 2.00 bits per heavy atom. The number of halogens is 2.